The van der Waals surface area contributed by atoms with E-state index in [9.17, 15) is 58.8 Å². The molecule has 0 saturated carbocycles. The van der Waals surface area contributed by atoms with Gasteiger partial charge in [-0.05, 0) is 38.2 Å². The van der Waals surface area contributed by atoms with Gasteiger partial charge in [-0.25, -0.2) is 0 Å². The van der Waals surface area contributed by atoms with E-state index in [0.717, 1.165) is 11.8 Å². The molecule has 8 unspecified atom stereocenters. The second-order valence-corrected chi connectivity index (χ2v) is 13.1. The van der Waals surface area contributed by atoms with Crippen molar-refractivity contribution in [3.8, 4) is 0 Å². The van der Waals surface area contributed by atoms with Gasteiger partial charge in [0.15, 0.2) is 0 Å². The van der Waals surface area contributed by atoms with E-state index < -0.39 is 115 Å². The molecule has 2 rings (SSSR count). The smallest absolute Gasteiger partial charge is 0.247 e. The highest BCUT2D eigenvalue weighted by Gasteiger charge is 2.37. The van der Waals surface area contributed by atoms with Crippen molar-refractivity contribution >= 4 is 47.3 Å². The Labute approximate surface area is 317 Å². The molecule has 21 nitrogen and oxygen atoms in total. The minimum atomic E-state index is -1.76. The molecule has 0 aliphatic carbocycles. The largest absolute Gasteiger partial charge is 0.394 e. The normalized spacial score (nSPS) is 22.9. The number of aliphatic hydroxyl groups excluding tert-OH is 4. The van der Waals surface area contributed by atoms with E-state index in [1.54, 1.807) is 30.3 Å². The van der Waals surface area contributed by atoms with E-state index in [4.69, 9.17) is 11.5 Å². The lowest BCUT2D eigenvalue weighted by Crippen LogP contribution is -2.62. The number of nitrogens with zero attached hydrogens (tertiary/aromatic N) is 1. The molecule has 0 bridgehead atoms. The molecule has 8 amide bonds. The van der Waals surface area contributed by atoms with E-state index in [1.807, 2.05) is 0 Å². The summed E-state index contributed by atoms with van der Waals surface area (Å²) < 4.78 is 0. The number of primary amides is 1. The first-order chi connectivity index (χ1) is 26.0. The molecule has 1 aliphatic rings. The lowest BCUT2D eigenvalue weighted by Gasteiger charge is -2.32. The van der Waals surface area contributed by atoms with Gasteiger partial charge in [-0.15, -0.1) is 0 Å². The van der Waals surface area contributed by atoms with E-state index in [-0.39, 0.29) is 45.1 Å². The molecule has 306 valence electrons. The highest BCUT2D eigenvalue weighted by molar-refractivity contribution is 5.97. The third kappa shape index (κ3) is 14.5. The molecular formula is C34H53N9O12. The predicted molar refractivity (Wildman–Crippen MR) is 193 cm³/mol. The highest BCUT2D eigenvalue weighted by atomic mass is 16.3. The number of amides is 8. The molecule has 1 aromatic carbocycles. The highest BCUT2D eigenvalue weighted by Crippen LogP contribution is 2.12. The maximum Gasteiger partial charge on any atom is 0.247 e. The lowest BCUT2D eigenvalue weighted by molar-refractivity contribution is -0.144. The fraction of sp³-hybridized carbons (Fsp3) is 0.588. The number of nitrogens with two attached hydrogens (primary N) is 2. The Morgan fingerprint density at radius 2 is 1.58 bits per heavy atom. The van der Waals surface area contributed by atoms with E-state index in [2.05, 4.69) is 31.9 Å². The summed E-state index contributed by atoms with van der Waals surface area (Å²) in [7, 11) is 1.19. The Morgan fingerprint density at radius 1 is 0.909 bits per heavy atom. The van der Waals surface area contributed by atoms with Crippen LogP contribution in [0.25, 0.3) is 0 Å². The molecule has 0 aromatic heterocycles. The van der Waals surface area contributed by atoms with Gasteiger partial charge in [0.25, 0.3) is 0 Å². The average Bonchev–Trinajstić information content (AvgIpc) is 3.16. The van der Waals surface area contributed by atoms with Crippen molar-refractivity contribution in [2.45, 2.75) is 93.8 Å². The first kappa shape index (κ1) is 45.9. The zero-order valence-electron chi connectivity index (χ0n) is 30.7. The van der Waals surface area contributed by atoms with Crippen LogP contribution in [0.3, 0.4) is 0 Å². The van der Waals surface area contributed by atoms with Crippen LogP contribution < -0.4 is 43.4 Å². The molecule has 21 heteroatoms. The second kappa shape index (κ2) is 22.9. The summed E-state index contributed by atoms with van der Waals surface area (Å²) in [5.74, 6) is -7.35. The molecule has 55 heavy (non-hydrogen) atoms. The lowest BCUT2D eigenvalue weighted by atomic mass is 10.0. The molecule has 1 fully saturated rings. The van der Waals surface area contributed by atoms with Crippen LogP contribution >= 0.6 is 0 Å². The van der Waals surface area contributed by atoms with E-state index in [0.29, 0.717) is 5.56 Å². The Hall–Kier alpha value is -5.22. The van der Waals surface area contributed by atoms with Gasteiger partial charge in [-0.2, -0.15) is 0 Å². The third-order valence-electron chi connectivity index (χ3n) is 8.79. The van der Waals surface area contributed by atoms with Crippen molar-refractivity contribution in [1.29, 1.82) is 0 Å². The summed E-state index contributed by atoms with van der Waals surface area (Å²) in [4.78, 5) is 105. The van der Waals surface area contributed by atoms with E-state index in [1.165, 1.54) is 7.05 Å². The van der Waals surface area contributed by atoms with Crippen LogP contribution in [0, 0.1) is 0 Å². The fourth-order valence-corrected chi connectivity index (χ4v) is 5.50. The number of aliphatic hydroxyl groups is 4. The maximum absolute atomic E-state index is 13.7. The topological polar surface area (TPSA) is 345 Å². The zero-order chi connectivity index (χ0) is 41.2. The van der Waals surface area contributed by atoms with Gasteiger partial charge in [0.2, 0.25) is 47.3 Å². The first-order valence-electron chi connectivity index (χ1n) is 17.7. The van der Waals surface area contributed by atoms with Gasteiger partial charge in [0.05, 0.1) is 25.9 Å². The van der Waals surface area contributed by atoms with Crippen LogP contribution in [0.5, 0.6) is 0 Å². The van der Waals surface area contributed by atoms with Gasteiger partial charge in [0, 0.05) is 26.4 Å². The summed E-state index contributed by atoms with van der Waals surface area (Å²) in [5, 5.41) is 54.0. The molecule has 1 aromatic rings. The van der Waals surface area contributed by atoms with Gasteiger partial charge < -0.3 is 68.7 Å². The van der Waals surface area contributed by atoms with Crippen LogP contribution in [0.15, 0.2) is 30.3 Å². The Kier molecular flexibility index (Phi) is 19.1. The van der Waals surface area contributed by atoms with Crippen molar-refractivity contribution in [2.75, 3.05) is 33.4 Å². The number of likely N-dealkylation sites (N-methyl/N-ethyl adjacent to an activating group) is 1. The molecule has 1 saturated heterocycles. The van der Waals surface area contributed by atoms with Crippen LogP contribution in [0.2, 0.25) is 0 Å². The monoisotopic (exact) mass is 779 g/mol. The Morgan fingerprint density at radius 3 is 2.16 bits per heavy atom. The molecule has 1 aliphatic heterocycles. The molecule has 0 spiro atoms. The van der Waals surface area contributed by atoms with Gasteiger partial charge in [0.1, 0.15) is 42.3 Å². The van der Waals surface area contributed by atoms with Crippen LogP contribution in [-0.2, 0) is 44.8 Å². The Bertz CT molecular complexity index is 1500. The number of hydrogen-bond donors (Lipinski definition) is 12. The summed E-state index contributed by atoms with van der Waals surface area (Å²) >= 11 is 0. The number of nitrogens with one attached hydrogen (secondary N) is 6. The number of hydrogen-bond acceptors (Lipinski definition) is 13. The average molecular weight is 780 g/mol. The summed E-state index contributed by atoms with van der Waals surface area (Å²) in [6.45, 7) is -1.43. The molecule has 1 heterocycles. The fourth-order valence-electron chi connectivity index (χ4n) is 5.50. The molecular weight excluding hydrogens is 726 g/mol. The van der Waals surface area contributed by atoms with Gasteiger partial charge in [-0.1, -0.05) is 30.3 Å². The van der Waals surface area contributed by atoms with Crippen LogP contribution in [0.4, 0.5) is 0 Å². The minimum absolute atomic E-state index is 0.0226. The second-order valence-electron chi connectivity index (χ2n) is 13.1. The first-order valence-corrected chi connectivity index (χ1v) is 17.7. The van der Waals surface area contributed by atoms with Crippen molar-refractivity contribution in [3.05, 3.63) is 35.9 Å². The number of carbonyl (C=O) groups is 8. The van der Waals surface area contributed by atoms with Crippen LogP contribution in [0.1, 0.15) is 44.6 Å². The predicted octanol–water partition coefficient (Wildman–Crippen LogP) is -6.27. The Balaban J connectivity index is 2.34. The standard InChI is InChI=1S/C34H53N9O12/c1-18(47)27-33(54)41-24(17-46)34(55)43(2)25(10-6-7-13-37-26(48)12-11-21(30(51)42-27)38-29(50)20(35)15-44)32(53)40-23(16-45)31(52)39-22(28(36)49)14-19-8-4-3-5-9-19/h3-5,8-9,18,20-25,27,44-47H,6-7,10-17,35H2,1-2H3,(H2,36,49)(H,37,48)(H,38,50)(H,39,52)(H,40,53)(H,41,54)(H,42,51). The third-order valence-corrected chi connectivity index (χ3v) is 8.79. The zero-order valence-corrected chi connectivity index (χ0v) is 30.7. The van der Waals surface area contributed by atoms with Crippen molar-refractivity contribution < 1.29 is 58.8 Å². The van der Waals surface area contributed by atoms with Crippen LogP contribution in [-0.4, -0.2) is 154 Å². The van der Waals surface area contributed by atoms with Crippen molar-refractivity contribution in [1.82, 2.24) is 36.8 Å². The van der Waals surface area contributed by atoms with E-state index >= 15 is 0 Å². The molecule has 14 N–H and O–H groups in total. The summed E-state index contributed by atoms with van der Waals surface area (Å²) in [6.07, 6.45) is -1.75. The number of benzene rings is 1. The van der Waals surface area contributed by atoms with Gasteiger partial charge >= 0.3 is 0 Å². The molecule has 8 atom stereocenters. The molecule has 0 radical (unpaired) electrons. The summed E-state index contributed by atoms with van der Waals surface area (Å²) in [6, 6.07) is -1.86. The summed E-state index contributed by atoms with van der Waals surface area (Å²) in [5.41, 5.74) is 11.7. The van der Waals surface area contributed by atoms with Crippen molar-refractivity contribution in [3.63, 3.8) is 0 Å². The van der Waals surface area contributed by atoms with Gasteiger partial charge in [-0.3, -0.25) is 38.4 Å². The SMILES string of the molecule is CC(O)C1NC(=O)C(NC(=O)C(N)CO)CCC(=O)NCCCCC(C(=O)NC(CO)C(=O)NC(Cc2ccccc2)C(N)=O)N(C)C(=O)C(CO)NC1=O. The maximum atomic E-state index is 13.7. The number of carbonyl (C=O) groups excluding carboxylic acids is 8. The minimum Gasteiger partial charge on any atom is -0.394 e. The number of rotatable bonds is 13. The van der Waals surface area contributed by atoms with Crippen molar-refractivity contribution in [2.24, 2.45) is 11.5 Å². The quantitative estimate of drug-likeness (QED) is 0.0888.